The van der Waals surface area contributed by atoms with E-state index in [9.17, 15) is 8.42 Å². The van der Waals surface area contributed by atoms with Crippen LogP contribution in [0.1, 0.15) is 39.5 Å². The van der Waals surface area contributed by atoms with Crippen molar-refractivity contribution in [1.29, 1.82) is 0 Å². The first kappa shape index (κ1) is 17.8. The van der Waals surface area contributed by atoms with E-state index in [1.54, 1.807) is 6.07 Å². The molecule has 0 aromatic heterocycles. The van der Waals surface area contributed by atoms with Gasteiger partial charge in [-0.15, -0.1) is 0 Å². The lowest BCUT2D eigenvalue weighted by atomic mass is 10.1. The van der Waals surface area contributed by atoms with Gasteiger partial charge in [0, 0.05) is 35.8 Å². The van der Waals surface area contributed by atoms with Gasteiger partial charge >= 0.3 is 0 Å². The molecule has 126 valence electrons. The number of rotatable bonds is 8. The third-order valence-electron chi connectivity index (χ3n) is 4.16. The molecule has 0 unspecified atom stereocenters. The third-order valence-corrected chi connectivity index (χ3v) is 5.32. The van der Waals surface area contributed by atoms with Crippen molar-refractivity contribution >= 4 is 26.3 Å². The highest BCUT2D eigenvalue weighted by Crippen LogP contribution is 2.31. The molecular formula is C19H27NO2S. The van der Waals surface area contributed by atoms with Crippen LogP contribution in [0.15, 0.2) is 41.3 Å². The highest BCUT2D eigenvalue weighted by molar-refractivity contribution is 7.91. The van der Waals surface area contributed by atoms with Gasteiger partial charge in [-0.05, 0) is 25.0 Å². The Morgan fingerprint density at radius 1 is 0.870 bits per heavy atom. The molecule has 0 atom stereocenters. The van der Waals surface area contributed by atoms with Crippen LogP contribution in [0.3, 0.4) is 0 Å². The average molecular weight is 333 g/mol. The second kappa shape index (κ2) is 7.82. The molecule has 0 N–H and O–H groups in total. The first-order valence-corrected chi connectivity index (χ1v) is 10.3. The molecule has 0 saturated heterocycles. The Bertz CT molecular complexity index is 745. The lowest BCUT2D eigenvalue weighted by Gasteiger charge is -2.26. The van der Waals surface area contributed by atoms with Crippen molar-refractivity contribution in [2.24, 2.45) is 0 Å². The second-order valence-electron chi connectivity index (χ2n) is 6.09. The summed E-state index contributed by atoms with van der Waals surface area (Å²) in [5, 5.41) is 1.85. The van der Waals surface area contributed by atoms with Crippen molar-refractivity contribution in [1.82, 2.24) is 0 Å². The first-order chi connectivity index (χ1) is 11.0. The van der Waals surface area contributed by atoms with Crippen molar-refractivity contribution in [3.05, 3.63) is 36.4 Å². The summed E-state index contributed by atoms with van der Waals surface area (Å²) in [4.78, 5) is 2.82. The van der Waals surface area contributed by atoms with Gasteiger partial charge in [-0.2, -0.15) is 0 Å². The Hall–Kier alpha value is -1.55. The minimum absolute atomic E-state index is 0.419. The van der Waals surface area contributed by atoms with E-state index in [4.69, 9.17) is 0 Å². The molecule has 0 heterocycles. The van der Waals surface area contributed by atoms with Crippen LogP contribution in [-0.4, -0.2) is 27.8 Å². The molecule has 4 heteroatoms. The molecule has 0 aliphatic carbocycles. The van der Waals surface area contributed by atoms with E-state index in [1.807, 2.05) is 24.3 Å². The lowest BCUT2D eigenvalue weighted by molar-refractivity contribution is 0.602. The highest BCUT2D eigenvalue weighted by Gasteiger charge is 2.15. The fraction of sp³-hybridized carbons (Fsp3) is 0.474. The fourth-order valence-corrected chi connectivity index (χ4v) is 3.82. The van der Waals surface area contributed by atoms with Crippen LogP contribution in [0.25, 0.3) is 10.8 Å². The quantitative estimate of drug-likeness (QED) is 0.705. The van der Waals surface area contributed by atoms with Crippen molar-refractivity contribution < 1.29 is 8.42 Å². The number of nitrogens with zero attached hydrogens (tertiary/aromatic N) is 1. The summed E-state index contributed by atoms with van der Waals surface area (Å²) in [6, 6.07) is 11.6. The maximum absolute atomic E-state index is 12.1. The molecule has 0 aliphatic heterocycles. The zero-order valence-electron chi connectivity index (χ0n) is 14.4. The SMILES string of the molecule is CCCCN(CCCC)c1cccc2c(S(C)(=O)=O)cccc12. The predicted octanol–water partition coefficient (Wildman–Crippen LogP) is 4.65. The summed E-state index contributed by atoms with van der Waals surface area (Å²) < 4.78 is 24.1. The van der Waals surface area contributed by atoms with Gasteiger partial charge in [0.15, 0.2) is 9.84 Å². The maximum Gasteiger partial charge on any atom is 0.176 e. The predicted molar refractivity (Wildman–Crippen MR) is 99.1 cm³/mol. The molecule has 0 saturated carbocycles. The van der Waals surface area contributed by atoms with Crippen LogP contribution < -0.4 is 4.90 Å². The molecule has 0 radical (unpaired) electrons. The van der Waals surface area contributed by atoms with Gasteiger partial charge in [-0.1, -0.05) is 51.0 Å². The molecule has 2 aromatic carbocycles. The third kappa shape index (κ3) is 4.25. The topological polar surface area (TPSA) is 37.4 Å². The molecule has 0 aliphatic rings. The molecule has 3 nitrogen and oxygen atoms in total. The van der Waals surface area contributed by atoms with Crippen LogP contribution >= 0.6 is 0 Å². The van der Waals surface area contributed by atoms with Crippen molar-refractivity contribution in [2.75, 3.05) is 24.2 Å². The van der Waals surface area contributed by atoms with Gasteiger partial charge in [0.1, 0.15) is 0 Å². The Kier molecular flexibility index (Phi) is 6.05. The molecule has 2 rings (SSSR count). The number of benzene rings is 2. The van der Waals surface area contributed by atoms with E-state index < -0.39 is 9.84 Å². The Morgan fingerprint density at radius 3 is 2.00 bits per heavy atom. The minimum atomic E-state index is -3.22. The zero-order chi connectivity index (χ0) is 16.9. The van der Waals surface area contributed by atoms with Crippen molar-refractivity contribution in [2.45, 2.75) is 44.4 Å². The van der Waals surface area contributed by atoms with Gasteiger partial charge < -0.3 is 4.90 Å². The van der Waals surface area contributed by atoms with Crippen LogP contribution in [0.5, 0.6) is 0 Å². The standard InChI is InChI=1S/C19H27NO2S/c1-4-6-14-20(15-7-5-2)18-12-8-11-17-16(18)10-9-13-19(17)23(3,21)22/h8-13H,4-7,14-15H2,1-3H3. The summed E-state index contributed by atoms with van der Waals surface area (Å²) in [6.07, 6.45) is 5.88. The Morgan fingerprint density at radius 2 is 1.43 bits per heavy atom. The van der Waals surface area contributed by atoms with Gasteiger partial charge in [0.2, 0.25) is 0 Å². The van der Waals surface area contributed by atoms with Gasteiger partial charge in [0.25, 0.3) is 0 Å². The monoisotopic (exact) mass is 333 g/mol. The molecule has 0 bridgehead atoms. The largest absolute Gasteiger partial charge is 0.371 e. The molecular weight excluding hydrogens is 306 g/mol. The maximum atomic E-state index is 12.1. The van der Waals surface area contributed by atoms with Crippen LogP contribution in [0, 0.1) is 0 Å². The number of unbranched alkanes of at least 4 members (excludes halogenated alkanes) is 2. The van der Waals surface area contributed by atoms with E-state index in [1.165, 1.54) is 6.26 Å². The van der Waals surface area contributed by atoms with Crippen LogP contribution in [-0.2, 0) is 9.84 Å². The average Bonchev–Trinajstić information content (AvgIpc) is 2.53. The molecule has 0 amide bonds. The summed E-state index contributed by atoms with van der Waals surface area (Å²) in [6.45, 7) is 6.42. The zero-order valence-corrected chi connectivity index (χ0v) is 15.2. The van der Waals surface area contributed by atoms with Gasteiger partial charge in [0.05, 0.1) is 4.90 Å². The number of hydrogen-bond acceptors (Lipinski definition) is 3. The van der Waals surface area contributed by atoms with E-state index in [-0.39, 0.29) is 0 Å². The minimum Gasteiger partial charge on any atom is -0.371 e. The molecule has 23 heavy (non-hydrogen) atoms. The van der Waals surface area contributed by atoms with Gasteiger partial charge in [-0.25, -0.2) is 8.42 Å². The van der Waals surface area contributed by atoms with E-state index in [0.717, 1.165) is 55.2 Å². The van der Waals surface area contributed by atoms with E-state index in [2.05, 4.69) is 24.8 Å². The summed E-state index contributed by atoms with van der Waals surface area (Å²) in [5.41, 5.74) is 1.15. The van der Waals surface area contributed by atoms with Crippen molar-refractivity contribution in [3.8, 4) is 0 Å². The normalized spacial score (nSPS) is 11.8. The number of sulfone groups is 1. The summed E-state index contributed by atoms with van der Waals surface area (Å²) in [5.74, 6) is 0. The van der Waals surface area contributed by atoms with Crippen LogP contribution in [0.4, 0.5) is 5.69 Å². The Balaban J connectivity index is 2.54. The fourth-order valence-electron chi connectivity index (χ4n) is 2.91. The second-order valence-corrected chi connectivity index (χ2v) is 8.08. The highest BCUT2D eigenvalue weighted by atomic mass is 32.2. The summed E-state index contributed by atoms with van der Waals surface area (Å²) >= 11 is 0. The number of anilines is 1. The lowest BCUT2D eigenvalue weighted by Crippen LogP contribution is -2.25. The first-order valence-electron chi connectivity index (χ1n) is 8.45. The van der Waals surface area contributed by atoms with Crippen molar-refractivity contribution in [3.63, 3.8) is 0 Å². The number of hydrogen-bond donors (Lipinski definition) is 0. The molecule has 0 fully saturated rings. The Labute approximate surface area is 140 Å². The van der Waals surface area contributed by atoms with Gasteiger partial charge in [-0.3, -0.25) is 0 Å². The molecule has 2 aromatic rings. The van der Waals surface area contributed by atoms with E-state index >= 15 is 0 Å². The van der Waals surface area contributed by atoms with E-state index in [0.29, 0.717) is 4.90 Å². The smallest absolute Gasteiger partial charge is 0.176 e. The van der Waals surface area contributed by atoms with Crippen LogP contribution in [0.2, 0.25) is 0 Å². The number of fused-ring (bicyclic) bond motifs is 1. The molecule has 0 spiro atoms. The summed E-state index contributed by atoms with van der Waals surface area (Å²) in [7, 11) is -3.22.